The quantitative estimate of drug-likeness (QED) is 0.402. The molecule has 0 unspecified atom stereocenters. The van der Waals surface area contributed by atoms with Gasteiger partial charge in [-0.1, -0.05) is 0 Å². The summed E-state index contributed by atoms with van der Waals surface area (Å²) in [6, 6.07) is 0. The molecule has 0 spiro atoms. The Morgan fingerprint density at radius 3 is 2.22 bits per heavy atom. The highest BCUT2D eigenvalue weighted by Crippen LogP contribution is 1.77. The number of hydroxylamine groups is 2. The summed E-state index contributed by atoms with van der Waals surface area (Å²) in [6.45, 7) is 3.61. The van der Waals surface area contributed by atoms with E-state index in [1.165, 1.54) is 0 Å². The van der Waals surface area contributed by atoms with Crippen LogP contribution < -0.4 is 10.4 Å². The van der Waals surface area contributed by atoms with E-state index in [2.05, 4.69) is 5.32 Å². The minimum atomic E-state index is 0.441. The molecule has 1 aliphatic heterocycles. The second-order valence-electron chi connectivity index (χ2n) is 2.50. The van der Waals surface area contributed by atoms with E-state index in [-0.39, 0.29) is 0 Å². The van der Waals surface area contributed by atoms with Crippen molar-refractivity contribution in [2.75, 3.05) is 26.2 Å². The van der Waals surface area contributed by atoms with Crippen LogP contribution in [0.5, 0.6) is 0 Å². The summed E-state index contributed by atoms with van der Waals surface area (Å²) in [6.07, 6.45) is 2.05. The Hall–Kier alpha value is -0.120. The van der Waals surface area contributed by atoms with Crippen LogP contribution in [0.1, 0.15) is 12.8 Å². The molecule has 2 N–H and O–H groups in total. The van der Waals surface area contributed by atoms with Crippen molar-refractivity contribution >= 4 is 0 Å². The molecule has 0 saturated carbocycles. The van der Waals surface area contributed by atoms with Crippen LogP contribution in [-0.2, 0) is 0 Å². The number of hydrogen-bond donors (Lipinski definition) is 2. The Balaban J connectivity index is 2.12. The Morgan fingerprint density at radius 2 is 1.67 bits per heavy atom. The zero-order chi connectivity index (χ0) is 6.53. The smallest absolute Gasteiger partial charge is 0.0780 e. The van der Waals surface area contributed by atoms with Crippen molar-refractivity contribution in [3.05, 3.63) is 5.21 Å². The third-order valence-corrected chi connectivity index (χ3v) is 1.62. The molecule has 3 heteroatoms. The van der Waals surface area contributed by atoms with Crippen LogP contribution in [0.25, 0.3) is 0 Å². The molecular formula is C6H14N2O. The van der Waals surface area contributed by atoms with Crippen LogP contribution in [0.3, 0.4) is 0 Å². The lowest BCUT2D eigenvalue weighted by molar-refractivity contribution is -0.848. The average Bonchev–Trinajstić information content (AvgIpc) is 1.79. The Bertz CT molecular complexity index is 69.5. The molecular weight excluding hydrogens is 116 g/mol. The Morgan fingerprint density at radius 1 is 1.11 bits per heavy atom. The number of quaternary nitrogens is 1. The molecule has 0 bridgehead atoms. The summed E-state index contributed by atoms with van der Waals surface area (Å²) in [5.41, 5.74) is 0. The average molecular weight is 130 g/mol. The van der Waals surface area contributed by atoms with E-state index >= 15 is 0 Å². The molecule has 54 valence electrons. The Labute approximate surface area is 55.6 Å². The molecule has 1 heterocycles. The van der Waals surface area contributed by atoms with Crippen molar-refractivity contribution in [2.24, 2.45) is 0 Å². The highest BCUT2D eigenvalue weighted by molar-refractivity contribution is 4.50. The van der Waals surface area contributed by atoms with Gasteiger partial charge in [-0.25, -0.2) is 0 Å². The van der Waals surface area contributed by atoms with Crippen molar-refractivity contribution in [3.8, 4) is 0 Å². The predicted octanol–water partition coefficient (Wildman–Crippen LogP) is -1.25. The fourth-order valence-electron chi connectivity index (χ4n) is 1.07. The number of rotatable bonds is 0. The molecule has 3 nitrogen and oxygen atoms in total. The van der Waals surface area contributed by atoms with Gasteiger partial charge in [0.05, 0.1) is 13.1 Å². The van der Waals surface area contributed by atoms with Gasteiger partial charge < -0.3 is 15.6 Å². The van der Waals surface area contributed by atoms with E-state index in [0.717, 1.165) is 39.0 Å². The van der Waals surface area contributed by atoms with Crippen molar-refractivity contribution in [1.82, 2.24) is 5.32 Å². The summed E-state index contributed by atoms with van der Waals surface area (Å²) in [4.78, 5) is 0. The molecule has 0 aromatic heterocycles. The SMILES string of the molecule is [O-][NH+]1CCCNCCC1. The van der Waals surface area contributed by atoms with Crippen molar-refractivity contribution in [2.45, 2.75) is 12.8 Å². The second-order valence-corrected chi connectivity index (χ2v) is 2.50. The van der Waals surface area contributed by atoms with Crippen molar-refractivity contribution in [1.29, 1.82) is 0 Å². The molecule has 0 radical (unpaired) electrons. The van der Waals surface area contributed by atoms with E-state index < -0.39 is 0 Å². The summed E-state index contributed by atoms with van der Waals surface area (Å²) < 4.78 is 0. The molecule has 9 heavy (non-hydrogen) atoms. The number of nitrogens with one attached hydrogen (secondary N) is 2. The van der Waals surface area contributed by atoms with Gasteiger partial charge in [-0.2, -0.15) is 0 Å². The van der Waals surface area contributed by atoms with Gasteiger partial charge in [-0.3, -0.25) is 0 Å². The molecule has 1 aliphatic rings. The lowest BCUT2D eigenvalue weighted by Gasteiger charge is -2.24. The molecule has 0 atom stereocenters. The monoisotopic (exact) mass is 130 g/mol. The van der Waals surface area contributed by atoms with Crippen LogP contribution in [-0.4, -0.2) is 26.2 Å². The fraction of sp³-hybridized carbons (Fsp3) is 1.00. The second kappa shape index (κ2) is 3.82. The minimum absolute atomic E-state index is 0.441. The molecule has 0 aromatic carbocycles. The van der Waals surface area contributed by atoms with E-state index in [1.54, 1.807) is 0 Å². The molecule has 1 rings (SSSR count). The van der Waals surface area contributed by atoms with Gasteiger partial charge in [0.2, 0.25) is 0 Å². The molecule has 1 fully saturated rings. The van der Waals surface area contributed by atoms with Gasteiger partial charge in [-0.15, -0.1) is 0 Å². The summed E-state index contributed by atoms with van der Waals surface area (Å²) in [7, 11) is 0. The first-order chi connectivity index (χ1) is 4.39. The zero-order valence-electron chi connectivity index (χ0n) is 5.65. The van der Waals surface area contributed by atoms with Crippen LogP contribution in [0, 0.1) is 5.21 Å². The predicted molar refractivity (Wildman–Crippen MR) is 36.2 cm³/mol. The van der Waals surface area contributed by atoms with Gasteiger partial charge >= 0.3 is 0 Å². The van der Waals surface area contributed by atoms with Gasteiger partial charge in [0.15, 0.2) is 0 Å². The lowest BCUT2D eigenvalue weighted by Crippen LogP contribution is -3.07. The zero-order valence-corrected chi connectivity index (χ0v) is 5.65. The van der Waals surface area contributed by atoms with E-state index in [0.29, 0.717) is 5.06 Å². The lowest BCUT2D eigenvalue weighted by atomic mass is 10.3. The maximum atomic E-state index is 10.8. The standard InChI is InChI=1S/C6H14N2O/c9-8-5-1-3-7-4-2-6-8/h7-8H,1-6H2. The molecule has 1 saturated heterocycles. The highest BCUT2D eigenvalue weighted by atomic mass is 16.5. The van der Waals surface area contributed by atoms with Crippen LogP contribution in [0.2, 0.25) is 0 Å². The van der Waals surface area contributed by atoms with Gasteiger partial charge in [-0.05, 0) is 0 Å². The van der Waals surface area contributed by atoms with E-state index in [1.807, 2.05) is 0 Å². The molecule has 0 aromatic rings. The maximum Gasteiger partial charge on any atom is 0.0780 e. The topological polar surface area (TPSA) is 39.5 Å². The first-order valence-electron chi connectivity index (χ1n) is 3.62. The minimum Gasteiger partial charge on any atom is -0.634 e. The van der Waals surface area contributed by atoms with Crippen LogP contribution in [0.15, 0.2) is 0 Å². The Kier molecular flexibility index (Phi) is 2.97. The summed E-state index contributed by atoms with van der Waals surface area (Å²) in [5, 5.41) is 14.5. The molecule has 0 amide bonds. The van der Waals surface area contributed by atoms with Gasteiger partial charge in [0.1, 0.15) is 0 Å². The maximum absolute atomic E-state index is 10.8. The largest absolute Gasteiger partial charge is 0.634 e. The molecule has 0 aliphatic carbocycles. The van der Waals surface area contributed by atoms with Crippen LogP contribution >= 0.6 is 0 Å². The number of hydrogen-bond acceptors (Lipinski definition) is 2. The highest BCUT2D eigenvalue weighted by Gasteiger charge is 2.00. The fourth-order valence-corrected chi connectivity index (χ4v) is 1.07. The van der Waals surface area contributed by atoms with Crippen molar-refractivity contribution in [3.63, 3.8) is 0 Å². The normalized spacial score (nSPS) is 25.0. The third-order valence-electron chi connectivity index (χ3n) is 1.62. The summed E-state index contributed by atoms with van der Waals surface area (Å²) >= 11 is 0. The van der Waals surface area contributed by atoms with Crippen molar-refractivity contribution < 1.29 is 5.06 Å². The summed E-state index contributed by atoms with van der Waals surface area (Å²) in [5.74, 6) is 0. The third kappa shape index (κ3) is 2.79. The van der Waals surface area contributed by atoms with Gasteiger partial charge in [0.25, 0.3) is 0 Å². The van der Waals surface area contributed by atoms with E-state index in [4.69, 9.17) is 0 Å². The first-order valence-corrected chi connectivity index (χ1v) is 3.62. The van der Waals surface area contributed by atoms with Crippen LogP contribution in [0.4, 0.5) is 0 Å². The first kappa shape index (κ1) is 6.99. The van der Waals surface area contributed by atoms with E-state index in [9.17, 15) is 5.21 Å². The van der Waals surface area contributed by atoms with Gasteiger partial charge in [0, 0.05) is 25.9 Å².